The van der Waals surface area contributed by atoms with Crippen molar-refractivity contribution in [3.63, 3.8) is 0 Å². The lowest BCUT2D eigenvalue weighted by Crippen LogP contribution is -2.44. The first-order valence-corrected chi connectivity index (χ1v) is 9.60. The van der Waals surface area contributed by atoms with Gasteiger partial charge in [-0.15, -0.1) is 0 Å². The fraction of sp³-hybridized carbons (Fsp3) is 0.500. The third-order valence-corrected chi connectivity index (χ3v) is 5.25. The molecule has 8 heteroatoms. The van der Waals surface area contributed by atoms with E-state index in [1.807, 2.05) is 0 Å². The van der Waals surface area contributed by atoms with Crippen molar-refractivity contribution in [2.75, 3.05) is 30.2 Å². The van der Waals surface area contributed by atoms with E-state index in [1.165, 1.54) is 12.1 Å². The van der Waals surface area contributed by atoms with Crippen LogP contribution in [0.5, 0.6) is 0 Å². The molecule has 1 aromatic carbocycles. The second kappa shape index (κ2) is 7.06. The Hall–Kier alpha value is -0.980. The molecule has 0 spiro atoms. The van der Waals surface area contributed by atoms with E-state index in [0.717, 1.165) is 29.8 Å². The molecule has 1 aromatic rings. The van der Waals surface area contributed by atoms with Gasteiger partial charge < -0.3 is 4.90 Å². The van der Waals surface area contributed by atoms with Crippen molar-refractivity contribution in [2.45, 2.75) is 19.3 Å². The summed E-state index contributed by atoms with van der Waals surface area (Å²) in [5.74, 6) is -0.221. The van der Waals surface area contributed by atoms with Crippen LogP contribution in [0.3, 0.4) is 0 Å². The second-order valence-electron chi connectivity index (χ2n) is 5.31. The van der Waals surface area contributed by atoms with Gasteiger partial charge in [-0.25, -0.2) is 8.42 Å². The number of benzene rings is 1. The highest BCUT2D eigenvalue weighted by molar-refractivity contribution is 7.92. The number of piperidine rings is 1. The van der Waals surface area contributed by atoms with Crippen molar-refractivity contribution in [1.29, 1.82) is 0 Å². The van der Waals surface area contributed by atoms with Gasteiger partial charge in [0, 0.05) is 18.1 Å². The molecule has 1 fully saturated rings. The van der Waals surface area contributed by atoms with Crippen LogP contribution < -0.4 is 4.31 Å². The van der Waals surface area contributed by atoms with Crippen LogP contribution in [-0.4, -0.2) is 45.1 Å². The molecular weight excluding hydrogens is 347 g/mol. The summed E-state index contributed by atoms with van der Waals surface area (Å²) < 4.78 is 25.1. The molecular formula is C14H18Cl2N2O3S. The lowest BCUT2D eigenvalue weighted by Gasteiger charge is -2.30. The van der Waals surface area contributed by atoms with Crippen molar-refractivity contribution in [3.8, 4) is 0 Å². The molecule has 0 saturated carbocycles. The Morgan fingerprint density at radius 2 is 1.86 bits per heavy atom. The zero-order valence-corrected chi connectivity index (χ0v) is 14.6. The summed E-state index contributed by atoms with van der Waals surface area (Å²) in [5.41, 5.74) is 0.224. The SMILES string of the molecule is CS(=O)(=O)N(CC(=O)N1CCCCC1)c1cc(Cl)ccc1Cl. The maximum atomic E-state index is 12.4. The smallest absolute Gasteiger partial charge is 0.243 e. The molecule has 1 heterocycles. The van der Waals surface area contributed by atoms with Crippen molar-refractivity contribution in [3.05, 3.63) is 28.2 Å². The highest BCUT2D eigenvalue weighted by Gasteiger charge is 2.26. The van der Waals surface area contributed by atoms with Crippen molar-refractivity contribution < 1.29 is 13.2 Å². The van der Waals surface area contributed by atoms with Crippen LogP contribution >= 0.6 is 23.2 Å². The highest BCUT2D eigenvalue weighted by Crippen LogP contribution is 2.30. The van der Waals surface area contributed by atoms with Gasteiger partial charge in [-0.3, -0.25) is 9.10 Å². The average Bonchev–Trinajstić information content (AvgIpc) is 2.47. The largest absolute Gasteiger partial charge is 0.341 e. The molecule has 22 heavy (non-hydrogen) atoms. The minimum Gasteiger partial charge on any atom is -0.341 e. The molecule has 0 aromatic heterocycles. The van der Waals surface area contributed by atoms with Crippen molar-refractivity contribution in [2.24, 2.45) is 0 Å². The number of carbonyl (C=O) groups is 1. The van der Waals surface area contributed by atoms with Gasteiger partial charge in [-0.1, -0.05) is 23.2 Å². The van der Waals surface area contributed by atoms with E-state index in [9.17, 15) is 13.2 Å². The van der Waals surface area contributed by atoms with Crippen LogP contribution in [0.2, 0.25) is 10.0 Å². The topological polar surface area (TPSA) is 57.7 Å². The molecule has 1 aliphatic rings. The Labute approximate surface area is 140 Å². The number of halogens is 2. The highest BCUT2D eigenvalue weighted by atomic mass is 35.5. The molecule has 122 valence electrons. The van der Waals surface area contributed by atoms with Gasteiger partial charge in [0.2, 0.25) is 15.9 Å². The third-order valence-electron chi connectivity index (χ3n) is 3.56. The molecule has 1 aliphatic heterocycles. The Balaban J connectivity index is 2.27. The quantitative estimate of drug-likeness (QED) is 0.825. The first-order valence-electron chi connectivity index (χ1n) is 6.99. The average molecular weight is 365 g/mol. The van der Waals surface area contributed by atoms with Gasteiger partial charge in [0.15, 0.2) is 0 Å². The Morgan fingerprint density at radius 1 is 1.23 bits per heavy atom. The van der Waals surface area contributed by atoms with E-state index in [0.29, 0.717) is 18.1 Å². The number of carbonyl (C=O) groups excluding carboxylic acids is 1. The molecule has 0 unspecified atom stereocenters. The first kappa shape index (κ1) is 17.4. The van der Waals surface area contributed by atoms with Gasteiger partial charge >= 0.3 is 0 Å². The number of rotatable bonds is 4. The lowest BCUT2D eigenvalue weighted by atomic mass is 10.1. The van der Waals surface area contributed by atoms with E-state index in [1.54, 1.807) is 11.0 Å². The van der Waals surface area contributed by atoms with Gasteiger partial charge in [-0.2, -0.15) is 0 Å². The lowest BCUT2D eigenvalue weighted by molar-refractivity contribution is -0.130. The minimum absolute atomic E-state index is 0.221. The number of likely N-dealkylation sites (tertiary alicyclic amines) is 1. The second-order valence-corrected chi connectivity index (χ2v) is 8.06. The third kappa shape index (κ3) is 4.27. The first-order chi connectivity index (χ1) is 10.3. The van der Waals surface area contributed by atoms with Gasteiger partial charge in [0.05, 0.1) is 17.0 Å². The standard InChI is InChI=1S/C14H18Cl2N2O3S/c1-22(20,21)18(13-9-11(15)5-6-12(13)16)10-14(19)17-7-3-2-4-8-17/h5-6,9H,2-4,7-8,10H2,1H3. The predicted molar refractivity (Wildman–Crippen MR) is 89.1 cm³/mol. The Morgan fingerprint density at radius 3 is 2.45 bits per heavy atom. The zero-order valence-electron chi connectivity index (χ0n) is 12.3. The molecule has 5 nitrogen and oxygen atoms in total. The van der Waals surface area contributed by atoms with E-state index >= 15 is 0 Å². The number of nitrogens with zero attached hydrogens (tertiary/aromatic N) is 2. The summed E-state index contributed by atoms with van der Waals surface area (Å²) in [5, 5.41) is 0.597. The fourth-order valence-electron chi connectivity index (χ4n) is 2.42. The summed E-state index contributed by atoms with van der Waals surface area (Å²) in [6.45, 7) is 1.07. The normalized spacial score (nSPS) is 15.7. The monoisotopic (exact) mass is 364 g/mol. The molecule has 0 N–H and O–H groups in total. The van der Waals surface area contributed by atoms with Gasteiger partial charge in [0.25, 0.3) is 0 Å². The number of anilines is 1. The maximum Gasteiger partial charge on any atom is 0.243 e. The van der Waals surface area contributed by atoms with E-state index in [-0.39, 0.29) is 23.2 Å². The molecule has 0 atom stereocenters. The Bertz CT molecular complexity index is 658. The Kier molecular flexibility index (Phi) is 5.58. The summed E-state index contributed by atoms with van der Waals surface area (Å²) in [6.07, 6.45) is 4.04. The predicted octanol–water partition coefficient (Wildman–Crippen LogP) is 2.77. The molecule has 0 aliphatic carbocycles. The van der Waals surface area contributed by atoms with Crippen LogP contribution in [0.1, 0.15) is 19.3 Å². The van der Waals surface area contributed by atoms with Crippen molar-refractivity contribution >= 4 is 44.8 Å². The molecule has 0 bridgehead atoms. The fourth-order valence-corrected chi connectivity index (χ4v) is 3.71. The van der Waals surface area contributed by atoms with Crippen LogP contribution in [0, 0.1) is 0 Å². The van der Waals surface area contributed by atoms with E-state index in [4.69, 9.17) is 23.2 Å². The summed E-state index contributed by atoms with van der Waals surface area (Å²) >= 11 is 12.0. The van der Waals surface area contributed by atoms with Crippen LogP contribution in [0.4, 0.5) is 5.69 Å². The minimum atomic E-state index is -3.65. The van der Waals surface area contributed by atoms with Crippen LogP contribution in [-0.2, 0) is 14.8 Å². The van der Waals surface area contributed by atoms with Gasteiger partial charge in [-0.05, 0) is 37.5 Å². The number of hydrogen-bond acceptors (Lipinski definition) is 3. The van der Waals surface area contributed by atoms with Crippen molar-refractivity contribution in [1.82, 2.24) is 4.90 Å². The maximum absolute atomic E-state index is 12.4. The van der Waals surface area contributed by atoms with Crippen LogP contribution in [0.25, 0.3) is 0 Å². The summed E-state index contributed by atoms with van der Waals surface area (Å²) in [7, 11) is -3.65. The number of amides is 1. The zero-order chi connectivity index (χ0) is 16.3. The molecule has 1 saturated heterocycles. The number of hydrogen-bond donors (Lipinski definition) is 0. The van der Waals surface area contributed by atoms with E-state index in [2.05, 4.69) is 0 Å². The molecule has 1 amide bonds. The summed E-state index contributed by atoms with van der Waals surface area (Å²) in [6, 6.07) is 4.54. The van der Waals surface area contributed by atoms with E-state index < -0.39 is 10.0 Å². The molecule has 2 rings (SSSR count). The number of sulfonamides is 1. The van der Waals surface area contributed by atoms with Crippen LogP contribution in [0.15, 0.2) is 18.2 Å². The summed E-state index contributed by atoms with van der Waals surface area (Å²) in [4.78, 5) is 14.1. The molecule has 0 radical (unpaired) electrons. The van der Waals surface area contributed by atoms with Gasteiger partial charge in [0.1, 0.15) is 6.54 Å².